The Balaban J connectivity index is 1.84. The van der Waals surface area contributed by atoms with Gasteiger partial charge >= 0.3 is 5.97 Å². The minimum atomic E-state index is -0.408. The van der Waals surface area contributed by atoms with Crippen molar-refractivity contribution in [1.82, 2.24) is 0 Å². The van der Waals surface area contributed by atoms with Crippen LogP contribution in [0.15, 0.2) is 0 Å². The maximum atomic E-state index is 11.5. The van der Waals surface area contributed by atoms with Crippen molar-refractivity contribution in [2.75, 3.05) is 19.8 Å². The maximum absolute atomic E-state index is 11.5. The summed E-state index contributed by atoms with van der Waals surface area (Å²) in [6.45, 7) is 3.66. The summed E-state index contributed by atoms with van der Waals surface area (Å²) in [5.41, 5.74) is 0. The molecule has 5 heteroatoms. The van der Waals surface area contributed by atoms with Crippen LogP contribution >= 0.6 is 0 Å². The molecule has 0 aromatic heterocycles. The summed E-state index contributed by atoms with van der Waals surface area (Å²) in [7, 11) is 0. The second-order valence-corrected chi connectivity index (χ2v) is 5.71. The number of hydrogen-bond acceptors (Lipinski definition) is 5. The first-order valence-corrected chi connectivity index (χ1v) is 8.63. The van der Waals surface area contributed by atoms with E-state index in [1.54, 1.807) is 6.92 Å². The highest BCUT2D eigenvalue weighted by atomic mass is 16.7. The summed E-state index contributed by atoms with van der Waals surface area (Å²) < 4.78 is 15.9. The molecule has 1 heterocycles. The molecular weight excluding hydrogens is 284 g/mol. The summed E-state index contributed by atoms with van der Waals surface area (Å²) in [4.78, 5) is 22.6. The fourth-order valence-corrected chi connectivity index (χ4v) is 2.47. The third-order valence-electron chi connectivity index (χ3n) is 3.69. The largest absolute Gasteiger partial charge is 0.466 e. The lowest BCUT2D eigenvalue weighted by atomic mass is 10.1. The minimum Gasteiger partial charge on any atom is -0.466 e. The van der Waals surface area contributed by atoms with Crippen LogP contribution in [-0.4, -0.2) is 37.9 Å². The van der Waals surface area contributed by atoms with E-state index < -0.39 is 5.97 Å². The molecule has 5 nitrogen and oxygen atoms in total. The number of ether oxygens (including phenoxy) is 3. The smallest absolute Gasteiger partial charge is 0.313 e. The van der Waals surface area contributed by atoms with Crippen LogP contribution in [-0.2, 0) is 23.8 Å². The number of Topliss-reactive ketones (excluding diaryl/α,β-unsaturated/α-hetero) is 1. The van der Waals surface area contributed by atoms with Gasteiger partial charge in [-0.1, -0.05) is 19.3 Å². The standard InChI is InChI=1S/C17H30O5/c1-2-20-16(19)14-15(18)10-6-4-3-5-8-12-21-17-11-7-9-13-22-17/h17H,2-14H2,1H3. The van der Waals surface area contributed by atoms with Gasteiger partial charge in [0.05, 0.1) is 6.61 Å². The van der Waals surface area contributed by atoms with Crippen molar-refractivity contribution in [3.63, 3.8) is 0 Å². The van der Waals surface area contributed by atoms with E-state index in [1.165, 1.54) is 6.42 Å². The monoisotopic (exact) mass is 314 g/mol. The summed E-state index contributed by atoms with van der Waals surface area (Å²) in [5, 5.41) is 0. The summed E-state index contributed by atoms with van der Waals surface area (Å²) in [6, 6.07) is 0. The van der Waals surface area contributed by atoms with Crippen LogP contribution in [0.5, 0.6) is 0 Å². The number of rotatable bonds is 12. The number of unbranched alkanes of at least 4 members (excludes halogenated alkanes) is 4. The molecule has 1 unspecified atom stereocenters. The van der Waals surface area contributed by atoms with Gasteiger partial charge in [0.1, 0.15) is 12.2 Å². The van der Waals surface area contributed by atoms with E-state index in [4.69, 9.17) is 14.2 Å². The van der Waals surface area contributed by atoms with Gasteiger partial charge in [0.25, 0.3) is 0 Å². The van der Waals surface area contributed by atoms with Crippen molar-refractivity contribution < 1.29 is 23.8 Å². The molecule has 0 aromatic rings. The molecule has 128 valence electrons. The summed E-state index contributed by atoms with van der Waals surface area (Å²) in [6.07, 6.45) is 8.89. The molecule has 1 aliphatic heterocycles. The highest BCUT2D eigenvalue weighted by Crippen LogP contribution is 2.14. The Hall–Kier alpha value is -0.940. The molecule has 0 saturated carbocycles. The van der Waals surface area contributed by atoms with Gasteiger partial charge in [-0.3, -0.25) is 9.59 Å². The van der Waals surface area contributed by atoms with Crippen LogP contribution in [0, 0.1) is 0 Å². The van der Waals surface area contributed by atoms with Gasteiger partial charge in [0.2, 0.25) is 0 Å². The topological polar surface area (TPSA) is 61.8 Å². The number of hydrogen-bond donors (Lipinski definition) is 0. The van der Waals surface area contributed by atoms with Gasteiger partial charge in [0.15, 0.2) is 6.29 Å². The zero-order valence-electron chi connectivity index (χ0n) is 13.8. The Labute approximate surface area is 133 Å². The first-order valence-electron chi connectivity index (χ1n) is 8.63. The lowest BCUT2D eigenvalue weighted by molar-refractivity contribution is -0.162. The van der Waals surface area contributed by atoms with E-state index in [-0.39, 0.29) is 18.5 Å². The fourth-order valence-electron chi connectivity index (χ4n) is 2.47. The van der Waals surface area contributed by atoms with Crippen molar-refractivity contribution in [2.45, 2.75) is 77.4 Å². The van der Waals surface area contributed by atoms with Crippen LogP contribution in [0.2, 0.25) is 0 Å². The second kappa shape index (κ2) is 12.6. The molecule has 1 atom stereocenters. The van der Waals surface area contributed by atoms with Gasteiger partial charge in [-0.05, 0) is 39.0 Å². The zero-order valence-corrected chi connectivity index (χ0v) is 13.8. The molecule has 1 saturated heterocycles. The van der Waals surface area contributed by atoms with E-state index in [1.807, 2.05) is 0 Å². The van der Waals surface area contributed by atoms with Crippen LogP contribution in [0.4, 0.5) is 0 Å². The molecule has 0 aromatic carbocycles. The predicted octanol–water partition coefficient (Wildman–Crippen LogP) is 3.39. The van der Waals surface area contributed by atoms with Gasteiger partial charge in [-0.25, -0.2) is 0 Å². The predicted molar refractivity (Wildman–Crippen MR) is 83.5 cm³/mol. The van der Waals surface area contributed by atoms with Gasteiger partial charge in [0, 0.05) is 19.6 Å². The Morgan fingerprint density at radius 2 is 1.86 bits per heavy atom. The third-order valence-corrected chi connectivity index (χ3v) is 3.69. The first-order chi connectivity index (χ1) is 10.7. The molecule has 0 spiro atoms. The highest BCUT2D eigenvalue weighted by Gasteiger charge is 2.13. The number of esters is 1. The molecule has 0 radical (unpaired) electrons. The third kappa shape index (κ3) is 9.90. The molecule has 1 aliphatic rings. The normalized spacial score (nSPS) is 18.1. The van der Waals surface area contributed by atoms with E-state index in [0.717, 1.165) is 58.2 Å². The number of ketones is 1. The van der Waals surface area contributed by atoms with Crippen molar-refractivity contribution >= 4 is 11.8 Å². The minimum absolute atomic E-state index is 0.00856. The summed E-state index contributed by atoms with van der Waals surface area (Å²) >= 11 is 0. The van der Waals surface area contributed by atoms with E-state index in [9.17, 15) is 9.59 Å². The Morgan fingerprint density at radius 1 is 1.09 bits per heavy atom. The molecule has 0 bridgehead atoms. The zero-order chi connectivity index (χ0) is 16.0. The van der Waals surface area contributed by atoms with Crippen molar-refractivity contribution in [1.29, 1.82) is 0 Å². The van der Waals surface area contributed by atoms with Crippen LogP contribution in [0.3, 0.4) is 0 Å². The van der Waals surface area contributed by atoms with Crippen molar-refractivity contribution in [3.05, 3.63) is 0 Å². The summed E-state index contributed by atoms with van der Waals surface area (Å²) in [5.74, 6) is -0.425. The Kier molecular flexibility index (Phi) is 10.9. The molecule has 22 heavy (non-hydrogen) atoms. The Morgan fingerprint density at radius 3 is 2.59 bits per heavy atom. The first kappa shape index (κ1) is 19.1. The highest BCUT2D eigenvalue weighted by molar-refractivity contribution is 5.95. The number of carbonyl (C=O) groups is 2. The maximum Gasteiger partial charge on any atom is 0.313 e. The van der Waals surface area contributed by atoms with Crippen LogP contribution in [0.1, 0.15) is 71.1 Å². The number of carbonyl (C=O) groups excluding carboxylic acids is 2. The van der Waals surface area contributed by atoms with E-state index >= 15 is 0 Å². The molecule has 0 amide bonds. The Bertz CT molecular complexity index is 310. The van der Waals surface area contributed by atoms with Gasteiger partial charge < -0.3 is 14.2 Å². The fraction of sp³-hybridized carbons (Fsp3) is 0.882. The van der Waals surface area contributed by atoms with Gasteiger partial charge in [-0.15, -0.1) is 0 Å². The SMILES string of the molecule is CCOC(=O)CC(=O)CCCCCCCOC1CCCCO1. The molecule has 1 fully saturated rings. The van der Waals surface area contributed by atoms with Crippen molar-refractivity contribution in [2.24, 2.45) is 0 Å². The molecule has 0 N–H and O–H groups in total. The second-order valence-electron chi connectivity index (χ2n) is 5.71. The quantitative estimate of drug-likeness (QED) is 0.314. The average molecular weight is 314 g/mol. The average Bonchev–Trinajstić information content (AvgIpc) is 2.51. The lowest BCUT2D eigenvalue weighted by Crippen LogP contribution is -2.22. The molecule has 1 rings (SSSR count). The van der Waals surface area contributed by atoms with E-state index in [2.05, 4.69) is 0 Å². The van der Waals surface area contributed by atoms with Gasteiger partial charge in [-0.2, -0.15) is 0 Å². The van der Waals surface area contributed by atoms with E-state index in [0.29, 0.717) is 13.0 Å². The van der Waals surface area contributed by atoms with Crippen LogP contribution < -0.4 is 0 Å². The molecule has 0 aliphatic carbocycles. The van der Waals surface area contributed by atoms with Crippen LogP contribution in [0.25, 0.3) is 0 Å². The molecular formula is C17H30O5. The lowest BCUT2D eigenvalue weighted by Gasteiger charge is -2.22. The van der Waals surface area contributed by atoms with Crippen molar-refractivity contribution in [3.8, 4) is 0 Å².